The first-order valence-corrected chi connectivity index (χ1v) is 12.1. The predicted octanol–water partition coefficient (Wildman–Crippen LogP) is 3.13. The highest BCUT2D eigenvalue weighted by molar-refractivity contribution is 6.33. The van der Waals surface area contributed by atoms with Crippen LogP contribution in [0.1, 0.15) is 71.9 Å². The third kappa shape index (κ3) is 6.92. The van der Waals surface area contributed by atoms with Crippen LogP contribution >= 0.6 is 11.6 Å². The average molecular weight is 521 g/mol. The molecule has 2 aromatic heterocycles. The van der Waals surface area contributed by atoms with E-state index >= 15 is 0 Å². The molecule has 0 aliphatic carbocycles. The summed E-state index contributed by atoms with van der Waals surface area (Å²) in [5, 5.41) is 0.101. The van der Waals surface area contributed by atoms with E-state index in [1.807, 2.05) is 0 Å². The first-order chi connectivity index (χ1) is 17.2. The maximum atomic E-state index is 11.9. The smallest absolute Gasteiger partial charge is 0.303 e. The van der Waals surface area contributed by atoms with Crippen LogP contribution < -0.4 is 0 Å². The largest absolute Gasteiger partial charge is 0.463 e. The van der Waals surface area contributed by atoms with Crippen LogP contribution in [0.4, 0.5) is 0 Å². The molecule has 3 rings (SSSR count). The predicted molar refractivity (Wildman–Crippen MR) is 128 cm³/mol. The molecule has 1 fully saturated rings. The number of fused-ring (bicyclic) bond motifs is 1. The lowest BCUT2D eigenvalue weighted by atomic mass is 10.1. The van der Waals surface area contributed by atoms with Gasteiger partial charge >= 0.3 is 17.9 Å². The number of hydrogen-bond acceptors (Lipinski definition) is 10. The van der Waals surface area contributed by atoms with Gasteiger partial charge in [-0.2, -0.15) is 0 Å². The molecule has 0 unspecified atom stereocenters. The Morgan fingerprint density at radius 2 is 1.78 bits per heavy atom. The molecule has 0 aromatic carbocycles. The number of halogens is 1. The normalized spacial score (nSPS) is 21.0. The summed E-state index contributed by atoms with van der Waals surface area (Å²) in [6.45, 7) is 5.60. The molecule has 0 N–H and O–H groups in total. The minimum Gasteiger partial charge on any atom is -0.463 e. The van der Waals surface area contributed by atoms with Crippen molar-refractivity contribution in [3.05, 3.63) is 17.3 Å². The summed E-state index contributed by atoms with van der Waals surface area (Å²) in [5.41, 5.74) is 0.588. The van der Waals surface area contributed by atoms with Gasteiger partial charge in [-0.3, -0.25) is 19.0 Å². The number of ether oxygens (including phenoxy) is 4. The van der Waals surface area contributed by atoms with Gasteiger partial charge in [0.15, 0.2) is 29.2 Å². The van der Waals surface area contributed by atoms with Crippen LogP contribution in [0.2, 0.25) is 5.15 Å². The number of esters is 3. The minimum absolute atomic E-state index is 0.101. The van der Waals surface area contributed by atoms with Gasteiger partial charge in [0.2, 0.25) is 5.82 Å². The van der Waals surface area contributed by atoms with Gasteiger partial charge < -0.3 is 18.9 Å². The molecule has 0 amide bonds. The second-order valence-electron chi connectivity index (χ2n) is 8.29. The summed E-state index contributed by atoms with van der Waals surface area (Å²) in [6.07, 6.45) is 2.46. The maximum Gasteiger partial charge on any atom is 0.303 e. The fraction of sp³-hybridized carbons (Fsp3) is 0.583. The van der Waals surface area contributed by atoms with Gasteiger partial charge in [0.1, 0.15) is 18.2 Å². The van der Waals surface area contributed by atoms with Crippen molar-refractivity contribution in [1.29, 1.82) is 0 Å². The number of carbonyl (C=O) groups is 3. The molecule has 36 heavy (non-hydrogen) atoms. The average Bonchev–Trinajstić information content (AvgIpc) is 3.36. The molecule has 4 atom stereocenters. The summed E-state index contributed by atoms with van der Waals surface area (Å²) >= 11 is 6.35. The number of imidazole rings is 1. The molecular formula is C24H29ClN4O7. The number of nitrogens with zero attached hydrogens (tertiary/aromatic N) is 4. The molecule has 0 saturated carbocycles. The first kappa shape index (κ1) is 27.4. The van der Waals surface area contributed by atoms with Crippen molar-refractivity contribution in [3.63, 3.8) is 0 Å². The molecule has 0 radical (unpaired) electrons. The lowest BCUT2D eigenvalue weighted by Crippen LogP contribution is -2.40. The lowest BCUT2D eigenvalue weighted by Gasteiger charge is -2.23. The van der Waals surface area contributed by atoms with Crippen molar-refractivity contribution in [1.82, 2.24) is 19.5 Å². The van der Waals surface area contributed by atoms with Gasteiger partial charge in [0.25, 0.3) is 0 Å². The minimum atomic E-state index is -1.08. The zero-order chi connectivity index (χ0) is 26.2. The highest BCUT2D eigenvalue weighted by Crippen LogP contribution is 2.36. The molecule has 0 spiro atoms. The third-order valence-electron chi connectivity index (χ3n) is 5.35. The van der Waals surface area contributed by atoms with Crippen molar-refractivity contribution in [2.75, 3.05) is 6.61 Å². The van der Waals surface area contributed by atoms with E-state index in [1.165, 1.54) is 31.7 Å². The molecule has 11 nitrogen and oxygen atoms in total. The molecule has 1 aliphatic rings. The van der Waals surface area contributed by atoms with Crippen molar-refractivity contribution < 1.29 is 33.3 Å². The molecular weight excluding hydrogens is 492 g/mol. The number of aromatic nitrogens is 4. The van der Waals surface area contributed by atoms with Crippen molar-refractivity contribution in [3.8, 4) is 11.8 Å². The summed E-state index contributed by atoms with van der Waals surface area (Å²) in [5.74, 6) is 4.42. The topological polar surface area (TPSA) is 132 Å². The fourth-order valence-electron chi connectivity index (χ4n) is 3.82. The molecule has 1 aliphatic heterocycles. The highest BCUT2D eigenvalue weighted by atomic mass is 35.5. The van der Waals surface area contributed by atoms with E-state index in [0.717, 1.165) is 25.7 Å². The van der Waals surface area contributed by atoms with Crippen LogP contribution in [0.15, 0.2) is 6.33 Å². The van der Waals surface area contributed by atoms with Crippen LogP contribution in [0.3, 0.4) is 0 Å². The van der Waals surface area contributed by atoms with Crippen LogP contribution in [0.5, 0.6) is 0 Å². The molecule has 2 aromatic rings. The molecule has 3 heterocycles. The van der Waals surface area contributed by atoms with E-state index in [2.05, 4.69) is 33.7 Å². The standard InChI is InChI=1S/C24H29ClN4O7/c1-5-6-7-8-9-10-11-18-27-22(25)19-23(28-18)29(13-26-19)24-21(35-16(4)32)20(34-15(3)31)17(36-24)12-33-14(2)30/h13,17,20-21,24H,5-9,12H2,1-4H3/t17-,20-,21-,24-/m1/s1. The van der Waals surface area contributed by atoms with Crippen molar-refractivity contribution >= 4 is 40.7 Å². The Kier molecular flexibility index (Phi) is 9.61. The Morgan fingerprint density at radius 3 is 2.44 bits per heavy atom. The van der Waals surface area contributed by atoms with E-state index in [-0.39, 0.29) is 17.6 Å². The SMILES string of the molecule is CCCCCCC#Cc1nc(Cl)c2ncn([C@@H]3O[C@H](COC(C)=O)[C@@H](OC(C)=O)[C@H]3OC(C)=O)c2n1. The second kappa shape index (κ2) is 12.6. The van der Waals surface area contributed by atoms with Gasteiger partial charge in [-0.15, -0.1) is 0 Å². The van der Waals surface area contributed by atoms with E-state index in [4.69, 9.17) is 30.5 Å². The van der Waals surface area contributed by atoms with Crippen molar-refractivity contribution in [2.24, 2.45) is 0 Å². The molecule has 1 saturated heterocycles. The zero-order valence-corrected chi connectivity index (χ0v) is 21.4. The van der Waals surface area contributed by atoms with Gasteiger partial charge in [0, 0.05) is 27.2 Å². The van der Waals surface area contributed by atoms with Crippen LogP contribution in [0, 0.1) is 11.8 Å². The lowest BCUT2D eigenvalue weighted by molar-refractivity contribution is -0.166. The number of rotatable bonds is 9. The van der Waals surface area contributed by atoms with Gasteiger partial charge in [-0.25, -0.2) is 15.0 Å². The van der Waals surface area contributed by atoms with E-state index in [0.29, 0.717) is 17.6 Å². The Labute approximate surface area is 213 Å². The Morgan fingerprint density at radius 1 is 1.06 bits per heavy atom. The van der Waals surface area contributed by atoms with Crippen molar-refractivity contribution in [2.45, 2.75) is 84.3 Å². The molecule has 0 bridgehead atoms. The first-order valence-electron chi connectivity index (χ1n) is 11.7. The summed E-state index contributed by atoms with van der Waals surface area (Å²) in [4.78, 5) is 48.1. The zero-order valence-electron chi connectivity index (χ0n) is 20.7. The van der Waals surface area contributed by atoms with E-state index in [9.17, 15) is 14.4 Å². The Balaban J connectivity index is 1.96. The number of hydrogen-bond donors (Lipinski definition) is 0. The molecule has 194 valence electrons. The monoisotopic (exact) mass is 520 g/mol. The van der Waals surface area contributed by atoms with Crippen LogP contribution in [0.25, 0.3) is 11.2 Å². The van der Waals surface area contributed by atoms with Gasteiger partial charge in [-0.05, 0) is 12.3 Å². The summed E-state index contributed by atoms with van der Waals surface area (Å²) in [7, 11) is 0. The van der Waals surface area contributed by atoms with E-state index < -0.39 is 42.4 Å². The van der Waals surface area contributed by atoms with Gasteiger partial charge in [0.05, 0.1) is 6.33 Å². The second-order valence-corrected chi connectivity index (χ2v) is 8.65. The Hall–Kier alpha value is -3.23. The Bertz CT molecular complexity index is 1170. The summed E-state index contributed by atoms with van der Waals surface area (Å²) < 4.78 is 23.5. The van der Waals surface area contributed by atoms with Crippen LogP contribution in [-0.4, -0.2) is 62.3 Å². The molecule has 12 heteroatoms. The maximum absolute atomic E-state index is 11.9. The number of unbranched alkanes of at least 4 members (excludes halogenated alkanes) is 4. The quantitative estimate of drug-likeness (QED) is 0.160. The third-order valence-corrected chi connectivity index (χ3v) is 5.61. The van der Waals surface area contributed by atoms with E-state index in [1.54, 1.807) is 0 Å². The highest BCUT2D eigenvalue weighted by Gasteiger charge is 2.51. The fourth-order valence-corrected chi connectivity index (χ4v) is 4.04. The van der Waals surface area contributed by atoms with Crippen LogP contribution in [-0.2, 0) is 33.3 Å². The number of carbonyl (C=O) groups excluding carboxylic acids is 3. The summed E-state index contributed by atoms with van der Waals surface area (Å²) in [6, 6.07) is 0. The van der Waals surface area contributed by atoms with Gasteiger partial charge in [-0.1, -0.05) is 43.7 Å².